The van der Waals surface area contributed by atoms with Crippen LogP contribution in [0.4, 0.5) is 0 Å². The molecule has 2 aromatic rings. The smallest absolute Gasteiger partial charge is 0.146 e. The Bertz CT molecular complexity index is 525. The minimum absolute atomic E-state index is 0.417. The van der Waals surface area contributed by atoms with E-state index in [1.54, 1.807) is 6.26 Å². The molecule has 0 fully saturated rings. The van der Waals surface area contributed by atoms with Crippen molar-refractivity contribution in [2.75, 3.05) is 0 Å². The predicted octanol–water partition coefficient (Wildman–Crippen LogP) is 3.70. The third-order valence-electron chi connectivity index (χ3n) is 2.73. The summed E-state index contributed by atoms with van der Waals surface area (Å²) in [5.41, 5.74) is 8.82. The summed E-state index contributed by atoms with van der Waals surface area (Å²) in [7, 11) is 0. The highest BCUT2D eigenvalue weighted by Crippen LogP contribution is 2.26. The van der Waals surface area contributed by atoms with Crippen molar-refractivity contribution in [1.29, 1.82) is 0 Å². The van der Waals surface area contributed by atoms with Crippen molar-refractivity contribution in [3.8, 4) is 5.75 Å². The van der Waals surface area contributed by atoms with Crippen molar-refractivity contribution < 1.29 is 9.15 Å². The van der Waals surface area contributed by atoms with Gasteiger partial charge in [-0.1, -0.05) is 15.9 Å². The molecule has 1 aromatic carbocycles. The van der Waals surface area contributed by atoms with Gasteiger partial charge in [0, 0.05) is 16.6 Å². The van der Waals surface area contributed by atoms with Crippen LogP contribution in [-0.2, 0) is 13.2 Å². The Hall–Kier alpha value is -1.26. The van der Waals surface area contributed by atoms with Crippen LogP contribution in [0, 0.1) is 13.8 Å². The molecule has 0 unspecified atom stereocenters. The summed E-state index contributed by atoms with van der Waals surface area (Å²) in [6.45, 7) is 4.99. The van der Waals surface area contributed by atoms with E-state index in [4.69, 9.17) is 14.9 Å². The summed E-state index contributed by atoms with van der Waals surface area (Å²) in [5.74, 6) is 1.63. The summed E-state index contributed by atoms with van der Waals surface area (Å²) >= 11 is 3.53. The summed E-state index contributed by atoms with van der Waals surface area (Å²) in [4.78, 5) is 0. The fourth-order valence-corrected chi connectivity index (χ4v) is 1.98. The van der Waals surface area contributed by atoms with Gasteiger partial charge in [0.2, 0.25) is 0 Å². The first-order chi connectivity index (χ1) is 8.60. The number of aryl methyl sites for hydroxylation is 2. The van der Waals surface area contributed by atoms with Crippen molar-refractivity contribution in [2.24, 2.45) is 5.73 Å². The highest BCUT2D eigenvalue weighted by Gasteiger charge is 2.05. The largest absolute Gasteiger partial charge is 0.486 e. The van der Waals surface area contributed by atoms with Crippen molar-refractivity contribution in [2.45, 2.75) is 27.0 Å². The second-order valence-corrected chi connectivity index (χ2v) is 5.08. The molecule has 0 aliphatic heterocycles. The van der Waals surface area contributed by atoms with Gasteiger partial charge >= 0.3 is 0 Å². The molecule has 3 nitrogen and oxygen atoms in total. The SMILES string of the molecule is Cc1cc(OCc2cc(CN)co2)cc(C)c1Br. The molecule has 4 heteroatoms. The van der Waals surface area contributed by atoms with Crippen molar-refractivity contribution in [3.05, 3.63) is 51.4 Å². The predicted molar refractivity (Wildman–Crippen MR) is 74.5 cm³/mol. The molecule has 0 aliphatic carbocycles. The highest BCUT2D eigenvalue weighted by atomic mass is 79.9. The van der Waals surface area contributed by atoms with E-state index in [0.29, 0.717) is 13.2 Å². The molecule has 0 amide bonds. The maximum Gasteiger partial charge on any atom is 0.146 e. The number of rotatable bonds is 4. The molecule has 0 aliphatic rings. The fourth-order valence-electron chi connectivity index (χ4n) is 1.75. The number of ether oxygens (including phenoxy) is 1. The van der Waals surface area contributed by atoms with E-state index in [2.05, 4.69) is 15.9 Å². The van der Waals surface area contributed by atoms with Gasteiger partial charge in [-0.2, -0.15) is 0 Å². The topological polar surface area (TPSA) is 48.4 Å². The van der Waals surface area contributed by atoms with Gasteiger partial charge in [0.05, 0.1) is 6.26 Å². The standard InChI is InChI=1S/C14H16BrNO2/c1-9-3-12(4-10(2)14(9)15)18-8-13-5-11(6-16)7-17-13/h3-5,7H,6,8,16H2,1-2H3. The van der Waals surface area contributed by atoms with E-state index in [0.717, 1.165) is 32.7 Å². The molecule has 1 heterocycles. The average Bonchev–Trinajstić information content (AvgIpc) is 2.81. The quantitative estimate of drug-likeness (QED) is 0.937. The van der Waals surface area contributed by atoms with Gasteiger partial charge in [0.1, 0.15) is 18.1 Å². The van der Waals surface area contributed by atoms with Crippen LogP contribution in [0.2, 0.25) is 0 Å². The van der Waals surface area contributed by atoms with Crippen molar-refractivity contribution >= 4 is 15.9 Å². The first-order valence-electron chi connectivity index (χ1n) is 5.76. The lowest BCUT2D eigenvalue weighted by atomic mass is 10.1. The maximum absolute atomic E-state index is 5.71. The van der Waals surface area contributed by atoms with Crippen LogP contribution in [0.15, 0.2) is 33.4 Å². The number of nitrogens with two attached hydrogens (primary N) is 1. The highest BCUT2D eigenvalue weighted by molar-refractivity contribution is 9.10. The third kappa shape index (κ3) is 2.94. The number of hydrogen-bond acceptors (Lipinski definition) is 3. The zero-order valence-electron chi connectivity index (χ0n) is 10.5. The van der Waals surface area contributed by atoms with Crippen LogP contribution in [0.3, 0.4) is 0 Å². The minimum atomic E-state index is 0.417. The molecule has 0 spiro atoms. The summed E-state index contributed by atoms with van der Waals surface area (Å²) in [5, 5.41) is 0. The number of halogens is 1. The number of furan rings is 1. The number of benzene rings is 1. The molecule has 0 atom stereocenters. The molecular weight excluding hydrogens is 294 g/mol. The van der Waals surface area contributed by atoms with Gasteiger partial charge in [-0.25, -0.2) is 0 Å². The lowest BCUT2D eigenvalue weighted by Crippen LogP contribution is -1.96. The molecule has 18 heavy (non-hydrogen) atoms. The van der Waals surface area contributed by atoms with Gasteiger partial charge < -0.3 is 14.9 Å². The van der Waals surface area contributed by atoms with Crippen LogP contribution >= 0.6 is 15.9 Å². The van der Waals surface area contributed by atoms with E-state index in [1.165, 1.54) is 0 Å². The average molecular weight is 310 g/mol. The van der Waals surface area contributed by atoms with Gasteiger partial charge in [-0.3, -0.25) is 0 Å². The summed E-state index contributed by atoms with van der Waals surface area (Å²) in [6, 6.07) is 5.92. The first-order valence-corrected chi connectivity index (χ1v) is 6.55. The lowest BCUT2D eigenvalue weighted by Gasteiger charge is -2.09. The third-order valence-corrected chi connectivity index (χ3v) is 3.99. The Morgan fingerprint density at radius 3 is 2.44 bits per heavy atom. The van der Waals surface area contributed by atoms with Crippen molar-refractivity contribution in [3.63, 3.8) is 0 Å². The fraction of sp³-hybridized carbons (Fsp3) is 0.286. The lowest BCUT2D eigenvalue weighted by molar-refractivity contribution is 0.270. The summed E-state index contributed by atoms with van der Waals surface area (Å²) in [6.07, 6.45) is 1.66. The minimum Gasteiger partial charge on any atom is -0.486 e. The first kappa shape index (κ1) is 13.2. The number of hydrogen-bond donors (Lipinski definition) is 1. The molecule has 96 valence electrons. The Balaban J connectivity index is 2.06. The van der Waals surface area contributed by atoms with E-state index in [1.807, 2.05) is 32.0 Å². The Morgan fingerprint density at radius 1 is 1.22 bits per heavy atom. The second-order valence-electron chi connectivity index (χ2n) is 4.29. The zero-order valence-corrected chi connectivity index (χ0v) is 12.1. The summed E-state index contributed by atoms with van der Waals surface area (Å²) < 4.78 is 12.2. The Kier molecular flexibility index (Phi) is 4.09. The van der Waals surface area contributed by atoms with Crippen LogP contribution in [-0.4, -0.2) is 0 Å². The van der Waals surface area contributed by atoms with Crippen LogP contribution in [0.1, 0.15) is 22.5 Å². The van der Waals surface area contributed by atoms with Gasteiger partial charge in [-0.15, -0.1) is 0 Å². The van der Waals surface area contributed by atoms with Crippen molar-refractivity contribution in [1.82, 2.24) is 0 Å². The molecule has 0 bridgehead atoms. The van der Waals surface area contributed by atoms with Gasteiger partial charge in [0.15, 0.2) is 0 Å². The molecule has 2 rings (SSSR count). The molecule has 0 saturated carbocycles. The van der Waals surface area contributed by atoms with Gasteiger partial charge in [-0.05, 0) is 43.2 Å². The normalized spacial score (nSPS) is 10.7. The van der Waals surface area contributed by atoms with E-state index >= 15 is 0 Å². The van der Waals surface area contributed by atoms with Crippen LogP contribution in [0.25, 0.3) is 0 Å². The molecule has 0 saturated heterocycles. The Labute approximate surface area is 115 Å². The van der Waals surface area contributed by atoms with E-state index in [-0.39, 0.29) is 0 Å². The molecular formula is C14H16BrNO2. The van der Waals surface area contributed by atoms with Crippen LogP contribution < -0.4 is 10.5 Å². The second kappa shape index (κ2) is 5.59. The molecule has 1 aromatic heterocycles. The van der Waals surface area contributed by atoms with E-state index < -0.39 is 0 Å². The molecule has 2 N–H and O–H groups in total. The zero-order chi connectivity index (χ0) is 13.1. The monoisotopic (exact) mass is 309 g/mol. The molecule has 0 radical (unpaired) electrons. The maximum atomic E-state index is 5.71. The van der Waals surface area contributed by atoms with Crippen LogP contribution in [0.5, 0.6) is 5.75 Å². The Morgan fingerprint density at radius 2 is 1.89 bits per heavy atom. The van der Waals surface area contributed by atoms with E-state index in [9.17, 15) is 0 Å². The van der Waals surface area contributed by atoms with Gasteiger partial charge in [0.25, 0.3) is 0 Å².